The van der Waals surface area contributed by atoms with Gasteiger partial charge in [0.05, 0.1) is 11.4 Å². The molecule has 1 heterocycles. The molecular formula is C17H13Br2FN4O2. The average molecular weight is 484 g/mol. The first-order valence-electron chi connectivity index (χ1n) is 7.53. The first-order valence-corrected chi connectivity index (χ1v) is 9.12. The van der Waals surface area contributed by atoms with Gasteiger partial charge in [-0.3, -0.25) is 14.6 Å². The van der Waals surface area contributed by atoms with Crippen LogP contribution >= 0.6 is 31.9 Å². The Morgan fingerprint density at radius 2 is 1.88 bits per heavy atom. The first-order chi connectivity index (χ1) is 12.3. The minimum absolute atomic E-state index is 0.0622. The number of anilines is 2. The number of nitrogens with two attached hydrogens (primary N) is 1. The van der Waals surface area contributed by atoms with E-state index in [-0.39, 0.29) is 12.1 Å². The van der Waals surface area contributed by atoms with Crippen LogP contribution in [0.4, 0.5) is 15.8 Å². The molecule has 3 rings (SSSR count). The van der Waals surface area contributed by atoms with E-state index in [0.717, 1.165) is 4.47 Å². The molecule has 1 aliphatic rings. The molecule has 134 valence electrons. The summed E-state index contributed by atoms with van der Waals surface area (Å²) in [5.74, 6) is -1.47. The minimum Gasteiger partial charge on any atom is -0.368 e. The van der Waals surface area contributed by atoms with Crippen LogP contribution in [0.5, 0.6) is 0 Å². The van der Waals surface area contributed by atoms with Crippen molar-refractivity contribution >= 4 is 60.8 Å². The lowest BCUT2D eigenvalue weighted by molar-refractivity contribution is -0.119. The van der Waals surface area contributed by atoms with E-state index in [1.807, 2.05) is 0 Å². The maximum Gasteiger partial charge on any atom is 0.271 e. The van der Waals surface area contributed by atoms with Crippen LogP contribution in [-0.2, 0) is 9.59 Å². The van der Waals surface area contributed by atoms with Gasteiger partial charge in [-0.2, -0.15) is 5.10 Å². The van der Waals surface area contributed by atoms with Crippen molar-refractivity contribution in [3.05, 3.63) is 57.2 Å². The molecule has 2 aromatic carbocycles. The first kappa shape index (κ1) is 18.5. The standard InChI is InChI=1S/C17H13Br2FN4O2/c18-9-1-6-13(12(19)7-9)22-17(26)14-8-15(16(21)25)24(23-14)11-4-2-10(20)3-5-11/h1-7,15H,8H2,(H2,21,25)(H,22,26). The third-order valence-corrected chi connectivity index (χ3v) is 4.92. The summed E-state index contributed by atoms with van der Waals surface area (Å²) in [7, 11) is 0. The molecule has 6 nitrogen and oxygen atoms in total. The van der Waals surface area contributed by atoms with E-state index in [1.165, 1.54) is 29.3 Å². The highest BCUT2D eigenvalue weighted by Crippen LogP contribution is 2.28. The molecule has 0 aromatic heterocycles. The Bertz CT molecular complexity index is 902. The predicted octanol–water partition coefficient (Wildman–Crippen LogP) is 3.41. The van der Waals surface area contributed by atoms with Crippen LogP contribution < -0.4 is 16.1 Å². The average Bonchev–Trinajstić information content (AvgIpc) is 3.04. The topological polar surface area (TPSA) is 87.8 Å². The molecular weight excluding hydrogens is 471 g/mol. The highest BCUT2D eigenvalue weighted by atomic mass is 79.9. The molecule has 0 saturated heterocycles. The van der Waals surface area contributed by atoms with Crippen LogP contribution in [0.2, 0.25) is 0 Å². The van der Waals surface area contributed by atoms with Crippen LogP contribution in [0.1, 0.15) is 6.42 Å². The highest BCUT2D eigenvalue weighted by molar-refractivity contribution is 9.11. The van der Waals surface area contributed by atoms with Crippen LogP contribution in [0.3, 0.4) is 0 Å². The zero-order valence-corrected chi connectivity index (χ0v) is 16.4. The quantitative estimate of drug-likeness (QED) is 0.698. The largest absolute Gasteiger partial charge is 0.368 e. The number of carbonyl (C=O) groups is 2. The van der Waals surface area contributed by atoms with Gasteiger partial charge >= 0.3 is 0 Å². The van der Waals surface area contributed by atoms with Crippen molar-refractivity contribution in [2.24, 2.45) is 10.8 Å². The molecule has 0 spiro atoms. The maximum atomic E-state index is 13.1. The van der Waals surface area contributed by atoms with Crippen LogP contribution in [0.15, 0.2) is 56.5 Å². The van der Waals surface area contributed by atoms with Crippen molar-refractivity contribution in [2.75, 3.05) is 10.3 Å². The van der Waals surface area contributed by atoms with Crippen LogP contribution in [-0.4, -0.2) is 23.6 Å². The third-order valence-electron chi connectivity index (χ3n) is 3.77. The minimum atomic E-state index is -0.811. The second-order valence-corrected chi connectivity index (χ2v) is 7.34. The molecule has 26 heavy (non-hydrogen) atoms. The fourth-order valence-electron chi connectivity index (χ4n) is 2.49. The van der Waals surface area contributed by atoms with Crippen molar-refractivity contribution in [3.63, 3.8) is 0 Å². The van der Waals surface area contributed by atoms with E-state index in [4.69, 9.17) is 5.73 Å². The van der Waals surface area contributed by atoms with E-state index in [9.17, 15) is 14.0 Å². The number of nitrogens with zero attached hydrogens (tertiary/aromatic N) is 2. The van der Waals surface area contributed by atoms with E-state index >= 15 is 0 Å². The molecule has 9 heteroatoms. The Morgan fingerprint density at radius 1 is 1.19 bits per heavy atom. The van der Waals surface area contributed by atoms with Crippen molar-refractivity contribution in [3.8, 4) is 0 Å². The van der Waals surface area contributed by atoms with E-state index in [2.05, 4.69) is 42.3 Å². The Balaban J connectivity index is 1.84. The number of amides is 2. The van der Waals surface area contributed by atoms with E-state index < -0.39 is 23.7 Å². The number of benzene rings is 2. The summed E-state index contributed by atoms with van der Waals surface area (Å²) >= 11 is 6.71. The summed E-state index contributed by atoms with van der Waals surface area (Å²) < 4.78 is 14.7. The molecule has 0 aliphatic carbocycles. The molecule has 0 radical (unpaired) electrons. The number of hydrogen-bond acceptors (Lipinski definition) is 4. The molecule has 1 unspecified atom stereocenters. The normalized spacial score (nSPS) is 16.3. The summed E-state index contributed by atoms with van der Waals surface area (Å²) in [6, 6.07) is 9.94. The monoisotopic (exact) mass is 482 g/mol. The number of rotatable bonds is 4. The van der Waals surface area contributed by atoms with Gasteiger partial charge in [0, 0.05) is 15.4 Å². The predicted molar refractivity (Wildman–Crippen MR) is 104 cm³/mol. The van der Waals surface area contributed by atoms with Gasteiger partial charge in [0.2, 0.25) is 5.91 Å². The summed E-state index contributed by atoms with van der Waals surface area (Å²) in [5, 5.41) is 8.31. The Kier molecular flexibility index (Phi) is 5.38. The van der Waals surface area contributed by atoms with Gasteiger partial charge in [0.15, 0.2) is 0 Å². The number of carbonyl (C=O) groups excluding carboxylic acids is 2. The number of hydrogen-bond donors (Lipinski definition) is 2. The van der Waals surface area contributed by atoms with Gasteiger partial charge in [-0.1, -0.05) is 15.9 Å². The summed E-state index contributed by atoms with van der Waals surface area (Å²) in [5.41, 5.74) is 6.64. The summed E-state index contributed by atoms with van der Waals surface area (Å²) in [4.78, 5) is 24.3. The lowest BCUT2D eigenvalue weighted by Crippen LogP contribution is -2.39. The lowest BCUT2D eigenvalue weighted by atomic mass is 10.1. The fraction of sp³-hybridized carbons (Fsp3) is 0.118. The zero-order chi connectivity index (χ0) is 18.8. The Hall–Kier alpha value is -2.26. The van der Waals surface area contributed by atoms with Crippen molar-refractivity contribution in [1.82, 2.24) is 0 Å². The van der Waals surface area contributed by atoms with Crippen molar-refractivity contribution in [2.45, 2.75) is 12.5 Å². The number of nitrogens with one attached hydrogen (secondary N) is 1. The number of hydrazone groups is 1. The van der Waals surface area contributed by atoms with Gasteiger partial charge in [0.25, 0.3) is 5.91 Å². The van der Waals surface area contributed by atoms with E-state index in [1.54, 1.807) is 18.2 Å². The summed E-state index contributed by atoms with van der Waals surface area (Å²) in [6.07, 6.45) is 0.0622. The highest BCUT2D eigenvalue weighted by Gasteiger charge is 2.35. The molecule has 1 atom stereocenters. The summed E-state index contributed by atoms with van der Waals surface area (Å²) in [6.45, 7) is 0. The van der Waals surface area contributed by atoms with Crippen LogP contribution in [0, 0.1) is 5.82 Å². The number of halogens is 3. The van der Waals surface area contributed by atoms with E-state index in [0.29, 0.717) is 15.8 Å². The second kappa shape index (κ2) is 7.55. The molecule has 0 bridgehead atoms. The molecule has 0 fully saturated rings. The molecule has 3 N–H and O–H groups in total. The number of primary amides is 1. The molecule has 2 amide bonds. The zero-order valence-electron chi connectivity index (χ0n) is 13.2. The van der Waals surface area contributed by atoms with Crippen molar-refractivity contribution < 1.29 is 14.0 Å². The maximum absolute atomic E-state index is 13.1. The second-order valence-electron chi connectivity index (χ2n) is 5.57. The van der Waals surface area contributed by atoms with Gasteiger partial charge in [-0.25, -0.2) is 4.39 Å². The van der Waals surface area contributed by atoms with Gasteiger partial charge in [-0.15, -0.1) is 0 Å². The molecule has 1 aliphatic heterocycles. The van der Waals surface area contributed by atoms with Gasteiger partial charge < -0.3 is 11.1 Å². The lowest BCUT2D eigenvalue weighted by Gasteiger charge is -2.20. The smallest absolute Gasteiger partial charge is 0.271 e. The third kappa shape index (κ3) is 3.94. The van der Waals surface area contributed by atoms with Gasteiger partial charge in [-0.05, 0) is 58.4 Å². The van der Waals surface area contributed by atoms with Gasteiger partial charge in [0.1, 0.15) is 17.6 Å². The molecule has 0 saturated carbocycles. The van der Waals surface area contributed by atoms with Crippen LogP contribution in [0.25, 0.3) is 0 Å². The SMILES string of the molecule is NC(=O)C1CC(C(=O)Nc2ccc(Br)cc2Br)=NN1c1ccc(F)cc1. The Morgan fingerprint density at radius 3 is 2.50 bits per heavy atom. The van der Waals surface area contributed by atoms with Crippen molar-refractivity contribution in [1.29, 1.82) is 0 Å². The fourth-order valence-corrected chi connectivity index (χ4v) is 3.63. The molecule has 2 aromatic rings. The Labute approximate surface area is 165 Å².